The van der Waals surface area contributed by atoms with E-state index in [-0.39, 0.29) is 11.0 Å². The van der Waals surface area contributed by atoms with Gasteiger partial charge in [-0.1, -0.05) is 56.9 Å². The van der Waals surface area contributed by atoms with Gasteiger partial charge in [-0.2, -0.15) is 0 Å². The van der Waals surface area contributed by atoms with Gasteiger partial charge in [0.05, 0.1) is 33.8 Å². The number of quaternary nitrogens is 1. The van der Waals surface area contributed by atoms with Gasteiger partial charge >= 0.3 is 0 Å². The SMILES string of the molecule is COc1ccc(C([O-])=C2C(=O)C(=O)N(CCC[NH+](C)C)C2c2ccc(C(C)(C)C)cc2)c(C)c1. The summed E-state index contributed by atoms with van der Waals surface area (Å²) in [5.41, 5.74) is 3.03. The molecule has 0 saturated carbocycles. The van der Waals surface area contributed by atoms with Crippen LogP contribution in [0.5, 0.6) is 5.75 Å². The predicted octanol–water partition coefficient (Wildman–Crippen LogP) is 2.06. The topological polar surface area (TPSA) is 74.1 Å². The van der Waals surface area contributed by atoms with Crippen LogP contribution in [0.15, 0.2) is 48.0 Å². The largest absolute Gasteiger partial charge is 0.872 e. The van der Waals surface area contributed by atoms with Crippen LogP contribution in [-0.4, -0.2) is 50.9 Å². The minimum Gasteiger partial charge on any atom is -0.872 e. The van der Waals surface area contributed by atoms with Crippen molar-refractivity contribution >= 4 is 17.4 Å². The van der Waals surface area contributed by atoms with Crippen molar-refractivity contribution in [2.75, 3.05) is 34.3 Å². The Morgan fingerprint density at radius 2 is 1.74 bits per heavy atom. The van der Waals surface area contributed by atoms with Gasteiger partial charge in [-0.25, -0.2) is 0 Å². The molecule has 1 fully saturated rings. The van der Waals surface area contributed by atoms with Crippen molar-refractivity contribution < 1.29 is 24.3 Å². The molecular weight excluding hydrogens is 428 g/mol. The number of nitrogens with one attached hydrogen (secondary N) is 1. The van der Waals surface area contributed by atoms with Crippen LogP contribution in [0, 0.1) is 6.92 Å². The quantitative estimate of drug-likeness (QED) is 0.387. The lowest BCUT2D eigenvalue weighted by Gasteiger charge is -2.29. The molecule has 34 heavy (non-hydrogen) atoms. The molecule has 1 aliphatic heterocycles. The van der Waals surface area contributed by atoms with E-state index in [1.807, 2.05) is 45.3 Å². The lowest BCUT2D eigenvalue weighted by molar-refractivity contribution is -0.858. The molecular formula is C28H36N2O4. The van der Waals surface area contributed by atoms with Crippen LogP contribution in [0.25, 0.3) is 5.76 Å². The van der Waals surface area contributed by atoms with Gasteiger partial charge in [0, 0.05) is 18.5 Å². The first-order chi connectivity index (χ1) is 16.0. The monoisotopic (exact) mass is 464 g/mol. The fourth-order valence-corrected chi connectivity index (χ4v) is 4.38. The number of hydrogen-bond acceptors (Lipinski definition) is 4. The van der Waals surface area contributed by atoms with Crippen molar-refractivity contribution in [3.8, 4) is 5.75 Å². The van der Waals surface area contributed by atoms with E-state index in [2.05, 4.69) is 20.8 Å². The van der Waals surface area contributed by atoms with Gasteiger partial charge in [-0.05, 0) is 46.7 Å². The van der Waals surface area contributed by atoms with Crippen molar-refractivity contribution in [2.45, 2.75) is 45.6 Å². The second kappa shape index (κ2) is 10.0. The van der Waals surface area contributed by atoms with Crippen LogP contribution in [0.3, 0.4) is 0 Å². The molecule has 1 N–H and O–H groups in total. The summed E-state index contributed by atoms with van der Waals surface area (Å²) in [7, 11) is 5.66. The molecule has 0 radical (unpaired) electrons. The first-order valence-corrected chi connectivity index (χ1v) is 11.8. The molecule has 6 nitrogen and oxygen atoms in total. The van der Waals surface area contributed by atoms with E-state index < -0.39 is 23.5 Å². The molecule has 1 atom stereocenters. The molecule has 1 amide bonds. The third-order valence-electron chi connectivity index (χ3n) is 6.38. The highest BCUT2D eigenvalue weighted by Crippen LogP contribution is 2.40. The van der Waals surface area contributed by atoms with Crippen LogP contribution in [-0.2, 0) is 15.0 Å². The van der Waals surface area contributed by atoms with Gasteiger partial charge < -0.3 is 19.6 Å². The van der Waals surface area contributed by atoms with Gasteiger partial charge in [0.25, 0.3) is 5.91 Å². The first kappa shape index (κ1) is 25.5. The molecule has 2 aromatic carbocycles. The summed E-state index contributed by atoms with van der Waals surface area (Å²) in [6.07, 6.45) is 0.737. The summed E-state index contributed by atoms with van der Waals surface area (Å²) in [5.74, 6) is -1.07. The molecule has 0 aliphatic carbocycles. The van der Waals surface area contributed by atoms with E-state index in [1.54, 1.807) is 30.2 Å². The number of amides is 1. The highest BCUT2D eigenvalue weighted by molar-refractivity contribution is 6.46. The van der Waals surface area contributed by atoms with Crippen molar-refractivity contribution in [2.24, 2.45) is 0 Å². The second-order valence-corrected chi connectivity index (χ2v) is 10.3. The Balaban J connectivity index is 2.13. The summed E-state index contributed by atoms with van der Waals surface area (Å²) < 4.78 is 5.25. The Kier molecular flexibility index (Phi) is 7.51. The summed E-state index contributed by atoms with van der Waals surface area (Å²) in [6, 6.07) is 12.4. The molecule has 1 saturated heterocycles. The zero-order chi connectivity index (χ0) is 25.2. The van der Waals surface area contributed by atoms with Crippen molar-refractivity contribution in [3.63, 3.8) is 0 Å². The summed E-state index contributed by atoms with van der Waals surface area (Å²) in [6.45, 7) is 9.48. The Morgan fingerprint density at radius 1 is 1.09 bits per heavy atom. The smallest absolute Gasteiger partial charge is 0.295 e. The van der Waals surface area contributed by atoms with E-state index >= 15 is 0 Å². The van der Waals surface area contributed by atoms with E-state index in [4.69, 9.17) is 4.74 Å². The van der Waals surface area contributed by atoms with E-state index in [0.717, 1.165) is 24.1 Å². The molecule has 1 heterocycles. The van der Waals surface area contributed by atoms with Crippen LogP contribution in [0.2, 0.25) is 0 Å². The number of Topliss-reactive ketones (excluding diaryl/α,β-unsaturated/α-hetero) is 1. The molecule has 6 heteroatoms. The third-order valence-corrected chi connectivity index (χ3v) is 6.38. The molecule has 0 spiro atoms. The number of carbonyl (C=O) groups is 2. The fraction of sp³-hybridized carbons (Fsp3) is 0.429. The zero-order valence-electron chi connectivity index (χ0n) is 21.3. The number of carbonyl (C=O) groups excluding carboxylic acids is 2. The van der Waals surface area contributed by atoms with Gasteiger partial charge in [0.15, 0.2) is 0 Å². The highest BCUT2D eigenvalue weighted by Gasteiger charge is 2.44. The highest BCUT2D eigenvalue weighted by atomic mass is 16.5. The van der Waals surface area contributed by atoms with Gasteiger partial charge in [-0.15, -0.1) is 0 Å². The second-order valence-electron chi connectivity index (χ2n) is 10.3. The fourth-order valence-electron chi connectivity index (χ4n) is 4.38. The summed E-state index contributed by atoms with van der Waals surface area (Å²) >= 11 is 0. The van der Waals surface area contributed by atoms with Crippen LogP contribution in [0.4, 0.5) is 0 Å². The van der Waals surface area contributed by atoms with Gasteiger partial charge in [0.1, 0.15) is 5.75 Å². The van der Waals surface area contributed by atoms with Crippen molar-refractivity contribution in [1.29, 1.82) is 0 Å². The van der Waals surface area contributed by atoms with Crippen LogP contribution >= 0.6 is 0 Å². The maximum Gasteiger partial charge on any atom is 0.295 e. The standard InChI is InChI=1S/C28H36N2O4/c1-18-17-21(34-7)13-14-22(18)25(31)23-24(19-9-11-20(12-10-19)28(2,3)4)30(27(33)26(23)32)16-8-15-29(5)6/h9-14,17,24,31H,8,15-16H2,1-7H3. The molecule has 0 bridgehead atoms. The Hall–Kier alpha value is -3.12. The maximum atomic E-state index is 13.7. The number of ketones is 1. The maximum absolute atomic E-state index is 13.7. The molecule has 0 aromatic heterocycles. The van der Waals surface area contributed by atoms with Crippen LogP contribution < -0.4 is 14.7 Å². The number of ether oxygens (including phenoxy) is 1. The predicted molar refractivity (Wildman–Crippen MR) is 132 cm³/mol. The van der Waals surface area contributed by atoms with Gasteiger partial charge in [0.2, 0.25) is 5.78 Å². The molecule has 1 unspecified atom stereocenters. The van der Waals surface area contributed by atoms with Crippen LogP contribution in [0.1, 0.15) is 55.5 Å². The minimum absolute atomic E-state index is 0.0268. The lowest BCUT2D eigenvalue weighted by atomic mass is 9.85. The minimum atomic E-state index is -0.706. The van der Waals surface area contributed by atoms with E-state index in [1.165, 1.54) is 4.90 Å². The van der Waals surface area contributed by atoms with E-state index in [0.29, 0.717) is 23.4 Å². The average molecular weight is 465 g/mol. The lowest BCUT2D eigenvalue weighted by Crippen LogP contribution is -3.05. The number of methoxy groups -OCH3 is 1. The normalized spacial score (nSPS) is 18.1. The molecule has 3 rings (SSSR count). The van der Waals surface area contributed by atoms with Gasteiger partial charge in [-0.3, -0.25) is 9.59 Å². The number of hydrogen-bond donors (Lipinski definition) is 1. The van der Waals surface area contributed by atoms with Crippen molar-refractivity contribution in [3.05, 3.63) is 70.3 Å². The number of rotatable bonds is 7. The van der Waals surface area contributed by atoms with Crippen molar-refractivity contribution in [1.82, 2.24) is 4.90 Å². The number of aryl methyl sites for hydroxylation is 1. The third kappa shape index (κ3) is 5.17. The number of likely N-dealkylation sites (tertiary alicyclic amines) is 1. The number of nitrogens with zero attached hydrogens (tertiary/aromatic N) is 1. The Labute approximate surface area is 202 Å². The Morgan fingerprint density at radius 3 is 2.26 bits per heavy atom. The molecule has 182 valence electrons. The van der Waals surface area contributed by atoms with E-state index in [9.17, 15) is 14.7 Å². The number of benzene rings is 2. The average Bonchev–Trinajstić information content (AvgIpc) is 3.02. The summed E-state index contributed by atoms with van der Waals surface area (Å²) in [4.78, 5) is 29.1. The molecule has 1 aliphatic rings. The zero-order valence-corrected chi connectivity index (χ0v) is 21.3. The first-order valence-electron chi connectivity index (χ1n) is 11.8. The molecule has 2 aromatic rings. The summed E-state index contributed by atoms with van der Waals surface area (Å²) in [5, 5.41) is 13.7. The Bertz CT molecular complexity index is 1090.